The van der Waals surface area contributed by atoms with Gasteiger partial charge in [0, 0.05) is 0 Å². The largest absolute Gasteiger partial charge is 0.497 e. The highest BCUT2D eigenvalue weighted by Gasteiger charge is 2.23. The highest BCUT2D eigenvalue weighted by Crippen LogP contribution is 2.32. The number of furan rings is 1. The number of hydrogen-bond donors (Lipinski definition) is 0. The summed E-state index contributed by atoms with van der Waals surface area (Å²) in [6, 6.07) is 15.6. The summed E-state index contributed by atoms with van der Waals surface area (Å²) in [4.78, 5) is 19.8. The maximum absolute atomic E-state index is 13.3. The third kappa shape index (κ3) is 4.94. The molecule has 0 saturated heterocycles. The number of aromatic nitrogens is 1. The summed E-state index contributed by atoms with van der Waals surface area (Å²) in [5, 5.41) is 0.0464. The summed E-state index contributed by atoms with van der Waals surface area (Å²) in [5.74, 6) is 1.19. The number of rotatable bonds is 8. The molecule has 0 spiro atoms. The van der Waals surface area contributed by atoms with Crippen molar-refractivity contribution >= 4 is 42.4 Å². The van der Waals surface area contributed by atoms with Crippen LogP contribution < -0.4 is 9.64 Å². The molecule has 2 heterocycles. The lowest BCUT2D eigenvalue weighted by atomic mass is 10.1. The number of nitrogens with zero attached hydrogens (tertiary/aromatic N) is 2. The number of amides is 1. The number of methoxy groups -OCH3 is 1. The zero-order valence-electron chi connectivity index (χ0n) is 18.5. The number of carbonyl (C=O) groups is 1. The molecule has 0 aliphatic carbocycles. The van der Waals surface area contributed by atoms with Gasteiger partial charge < -0.3 is 9.15 Å². The van der Waals surface area contributed by atoms with Crippen molar-refractivity contribution in [1.82, 2.24) is 4.98 Å². The number of benzene rings is 2. The Morgan fingerprint density at radius 2 is 1.91 bits per heavy atom. The minimum atomic E-state index is -3.36. The molecule has 1 amide bonds. The van der Waals surface area contributed by atoms with E-state index in [1.54, 1.807) is 62.5 Å². The number of carbonyl (C=O) groups excluding carboxylic acids is 1. The Morgan fingerprint density at radius 3 is 2.55 bits per heavy atom. The summed E-state index contributed by atoms with van der Waals surface area (Å²) in [7, 11) is -1.76. The number of anilines is 1. The summed E-state index contributed by atoms with van der Waals surface area (Å²) in [6.07, 6.45) is 1.66. The van der Waals surface area contributed by atoms with E-state index < -0.39 is 15.1 Å². The molecule has 0 radical (unpaired) electrons. The minimum absolute atomic E-state index is 0.0992. The van der Waals surface area contributed by atoms with E-state index in [9.17, 15) is 13.2 Å². The van der Waals surface area contributed by atoms with E-state index in [1.807, 2.05) is 24.3 Å². The van der Waals surface area contributed by atoms with Crippen LogP contribution in [0.15, 0.2) is 70.2 Å². The van der Waals surface area contributed by atoms with Gasteiger partial charge in [-0.1, -0.05) is 23.5 Å². The maximum Gasteiger partial charge on any atom is 0.233 e. The van der Waals surface area contributed by atoms with E-state index >= 15 is 0 Å². The molecule has 0 bridgehead atoms. The van der Waals surface area contributed by atoms with E-state index in [4.69, 9.17) is 9.15 Å². The van der Waals surface area contributed by atoms with E-state index in [1.165, 1.54) is 11.3 Å². The van der Waals surface area contributed by atoms with Crippen LogP contribution in [0.2, 0.25) is 0 Å². The summed E-state index contributed by atoms with van der Waals surface area (Å²) in [6.45, 7) is 3.53. The van der Waals surface area contributed by atoms with Gasteiger partial charge in [-0.15, -0.1) is 0 Å². The van der Waals surface area contributed by atoms with Crippen molar-refractivity contribution in [3.05, 3.63) is 72.2 Å². The van der Waals surface area contributed by atoms with Crippen LogP contribution in [0.25, 0.3) is 10.2 Å². The first kappa shape index (κ1) is 23.0. The van der Waals surface area contributed by atoms with Crippen molar-refractivity contribution in [3.8, 4) is 5.75 Å². The zero-order valence-corrected chi connectivity index (χ0v) is 20.2. The standard InChI is InChI=1S/C24H24N2O5S2/c1-16(2)33(28,29)20-9-6-17(7-10-20)13-23(27)26(15-19-5-4-12-31-19)24-25-21-11-8-18(30-3)14-22(21)32-24/h4-12,14,16H,13,15H2,1-3H3. The first-order chi connectivity index (χ1) is 15.8. The Bertz CT molecular complexity index is 1360. The average Bonchev–Trinajstić information content (AvgIpc) is 3.46. The Labute approximate surface area is 196 Å². The topological polar surface area (TPSA) is 89.7 Å². The fourth-order valence-electron chi connectivity index (χ4n) is 3.30. The van der Waals surface area contributed by atoms with Gasteiger partial charge in [-0.2, -0.15) is 0 Å². The Kier molecular flexibility index (Phi) is 6.53. The normalized spacial score (nSPS) is 11.8. The summed E-state index contributed by atoms with van der Waals surface area (Å²) < 4.78 is 36.4. The van der Waals surface area contributed by atoms with Crippen LogP contribution in [0, 0.1) is 0 Å². The number of thiazole rings is 1. The van der Waals surface area contributed by atoms with E-state index in [0.717, 1.165) is 21.5 Å². The van der Waals surface area contributed by atoms with Crippen LogP contribution in [0.4, 0.5) is 5.13 Å². The van der Waals surface area contributed by atoms with Crippen LogP contribution in [-0.4, -0.2) is 31.7 Å². The molecule has 9 heteroatoms. The fourth-order valence-corrected chi connectivity index (χ4v) is 5.37. The minimum Gasteiger partial charge on any atom is -0.497 e. The van der Waals surface area contributed by atoms with Crippen LogP contribution >= 0.6 is 11.3 Å². The van der Waals surface area contributed by atoms with E-state index in [-0.39, 0.29) is 23.8 Å². The molecule has 172 valence electrons. The molecule has 0 atom stereocenters. The lowest BCUT2D eigenvalue weighted by Crippen LogP contribution is -2.31. The number of hydrogen-bond acceptors (Lipinski definition) is 7. The SMILES string of the molecule is COc1ccc2nc(N(Cc3ccco3)C(=O)Cc3ccc(S(=O)(=O)C(C)C)cc3)sc2c1. The van der Waals surface area contributed by atoms with Gasteiger partial charge >= 0.3 is 0 Å². The van der Waals surface area contributed by atoms with Crippen LogP contribution in [0.3, 0.4) is 0 Å². The monoisotopic (exact) mass is 484 g/mol. The molecule has 0 aliphatic rings. The second-order valence-corrected chi connectivity index (χ2v) is 11.3. The van der Waals surface area contributed by atoms with Crippen molar-refractivity contribution in [2.75, 3.05) is 12.0 Å². The fraction of sp³-hybridized carbons (Fsp3) is 0.250. The Hall–Kier alpha value is -3.17. The zero-order chi connectivity index (χ0) is 23.6. The highest BCUT2D eigenvalue weighted by molar-refractivity contribution is 7.92. The van der Waals surface area contributed by atoms with E-state index in [2.05, 4.69) is 4.98 Å². The van der Waals surface area contributed by atoms with Gasteiger partial charge in [-0.25, -0.2) is 13.4 Å². The number of ether oxygens (including phenoxy) is 1. The van der Waals surface area contributed by atoms with Gasteiger partial charge in [0.15, 0.2) is 15.0 Å². The van der Waals surface area contributed by atoms with Gasteiger partial charge in [0.1, 0.15) is 11.5 Å². The molecule has 2 aromatic heterocycles. The Balaban J connectivity index is 1.62. The van der Waals surface area contributed by atoms with Crippen LogP contribution in [0.5, 0.6) is 5.75 Å². The van der Waals surface area contributed by atoms with Gasteiger partial charge in [-0.05, 0) is 61.9 Å². The van der Waals surface area contributed by atoms with Crippen molar-refractivity contribution in [2.24, 2.45) is 0 Å². The molecule has 33 heavy (non-hydrogen) atoms. The predicted molar refractivity (Wildman–Crippen MR) is 129 cm³/mol. The van der Waals surface area contributed by atoms with Gasteiger partial charge in [-0.3, -0.25) is 9.69 Å². The summed E-state index contributed by atoms with van der Waals surface area (Å²) >= 11 is 1.40. The number of sulfone groups is 1. The summed E-state index contributed by atoms with van der Waals surface area (Å²) in [5.41, 5.74) is 1.49. The third-order valence-electron chi connectivity index (χ3n) is 5.24. The van der Waals surface area contributed by atoms with Crippen molar-refractivity contribution in [3.63, 3.8) is 0 Å². The molecule has 0 saturated carbocycles. The molecule has 7 nitrogen and oxygen atoms in total. The second-order valence-electron chi connectivity index (χ2n) is 7.80. The molecule has 4 rings (SSSR count). The molecule has 4 aromatic rings. The molecule has 0 aliphatic heterocycles. The highest BCUT2D eigenvalue weighted by atomic mass is 32.2. The van der Waals surface area contributed by atoms with Crippen LogP contribution in [0.1, 0.15) is 25.2 Å². The lowest BCUT2D eigenvalue weighted by molar-refractivity contribution is -0.118. The molecule has 0 N–H and O–H groups in total. The molecule has 2 aromatic carbocycles. The molecule has 0 fully saturated rings. The van der Waals surface area contributed by atoms with Gasteiger partial charge in [0.25, 0.3) is 0 Å². The van der Waals surface area contributed by atoms with Crippen molar-refractivity contribution < 1.29 is 22.4 Å². The first-order valence-electron chi connectivity index (χ1n) is 10.4. The molecule has 0 unspecified atom stereocenters. The maximum atomic E-state index is 13.3. The third-order valence-corrected chi connectivity index (χ3v) is 8.45. The smallest absolute Gasteiger partial charge is 0.233 e. The second kappa shape index (κ2) is 9.36. The predicted octanol–water partition coefficient (Wildman–Crippen LogP) is 4.86. The van der Waals surface area contributed by atoms with Gasteiger partial charge in [0.05, 0.1) is 46.7 Å². The molecular weight excluding hydrogens is 460 g/mol. The van der Waals surface area contributed by atoms with Gasteiger partial charge in [0.2, 0.25) is 5.91 Å². The quantitative estimate of drug-likeness (QED) is 0.355. The lowest BCUT2D eigenvalue weighted by Gasteiger charge is -2.19. The molecular formula is C24H24N2O5S2. The van der Waals surface area contributed by atoms with Crippen LogP contribution in [-0.2, 0) is 27.6 Å². The van der Waals surface area contributed by atoms with Crippen molar-refractivity contribution in [2.45, 2.75) is 37.0 Å². The first-order valence-corrected chi connectivity index (χ1v) is 12.7. The average molecular weight is 485 g/mol. The van der Waals surface area contributed by atoms with E-state index in [0.29, 0.717) is 10.9 Å². The number of fused-ring (bicyclic) bond motifs is 1. The Morgan fingerprint density at radius 1 is 1.15 bits per heavy atom. The van der Waals surface area contributed by atoms with Crippen molar-refractivity contribution in [1.29, 1.82) is 0 Å².